The Kier molecular flexibility index (Phi) is 2.79. The van der Waals surface area contributed by atoms with E-state index < -0.39 is 0 Å². The van der Waals surface area contributed by atoms with E-state index in [9.17, 15) is 0 Å². The molecule has 1 aromatic rings. The zero-order chi connectivity index (χ0) is 11.9. The molecule has 3 rings (SSSR count). The fraction of sp³-hybridized carbons (Fsp3) is 0.538. The van der Waals surface area contributed by atoms with E-state index in [0.29, 0.717) is 13.3 Å². The summed E-state index contributed by atoms with van der Waals surface area (Å²) in [7, 11) is 0. The van der Waals surface area contributed by atoms with Gasteiger partial charge in [0.15, 0.2) is 11.5 Å². The molecule has 1 aliphatic heterocycles. The smallest absolute Gasteiger partial charge is 0.231 e. The molecule has 0 bridgehead atoms. The van der Waals surface area contributed by atoms with Crippen LogP contribution in [-0.4, -0.2) is 13.3 Å². The van der Waals surface area contributed by atoms with Crippen LogP contribution in [0.2, 0.25) is 0 Å². The molecule has 0 amide bonds. The van der Waals surface area contributed by atoms with Crippen molar-refractivity contribution in [2.75, 3.05) is 13.3 Å². The number of rotatable bonds is 2. The predicted molar refractivity (Wildman–Crippen MR) is 69.5 cm³/mol. The molecule has 1 heterocycles. The quantitative estimate of drug-likeness (QED) is 0.913. The zero-order valence-electron chi connectivity index (χ0n) is 9.67. The molecule has 0 aromatic heterocycles. The lowest BCUT2D eigenvalue weighted by molar-refractivity contribution is 0.174. The average molecular weight is 298 g/mol. The number of halogens is 1. The second-order valence-electron chi connectivity index (χ2n) is 4.88. The molecule has 0 saturated heterocycles. The first kappa shape index (κ1) is 11.4. The summed E-state index contributed by atoms with van der Waals surface area (Å²) in [6.45, 7) is 1.02. The minimum Gasteiger partial charge on any atom is -0.454 e. The molecule has 92 valence electrons. The Labute approximate surface area is 109 Å². The maximum absolute atomic E-state index is 6.02. The lowest BCUT2D eigenvalue weighted by Crippen LogP contribution is -2.32. The topological polar surface area (TPSA) is 44.5 Å². The van der Waals surface area contributed by atoms with E-state index in [1.165, 1.54) is 31.2 Å². The largest absolute Gasteiger partial charge is 0.454 e. The highest BCUT2D eigenvalue weighted by Crippen LogP contribution is 2.47. The van der Waals surface area contributed by atoms with Gasteiger partial charge in [-0.15, -0.1) is 0 Å². The monoisotopic (exact) mass is 297 g/mol. The maximum Gasteiger partial charge on any atom is 0.231 e. The van der Waals surface area contributed by atoms with E-state index in [4.69, 9.17) is 15.2 Å². The summed E-state index contributed by atoms with van der Waals surface area (Å²) in [6, 6.07) is 4.11. The van der Waals surface area contributed by atoms with Gasteiger partial charge in [0.1, 0.15) is 0 Å². The van der Waals surface area contributed by atoms with Crippen molar-refractivity contribution >= 4 is 15.9 Å². The van der Waals surface area contributed by atoms with E-state index >= 15 is 0 Å². The van der Waals surface area contributed by atoms with Crippen LogP contribution in [0.5, 0.6) is 11.5 Å². The Morgan fingerprint density at radius 2 is 1.82 bits per heavy atom. The number of benzene rings is 1. The van der Waals surface area contributed by atoms with Gasteiger partial charge >= 0.3 is 0 Å². The van der Waals surface area contributed by atoms with Gasteiger partial charge in [0.2, 0.25) is 6.79 Å². The predicted octanol–water partition coefficient (Wildman–Crippen LogP) is 2.95. The van der Waals surface area contributed by atoms with Gasteiger partial charge in [-0.3, -0.25) is 0 Å². The molecule has 2 N–H and O–H groups in total. The van der Waals surface area contributed by atoms with E-state index in [2.05, 4.69) is 22.0 Å². The van der Waals surface area contributed by atoms with Crippen molar-refractivity contribution in [1.29, 1.82) is 0 Å². The SMILES string of the molecule is NCC1(c2cc3c(cc2Br)OCO3)CCCC1. The summed E-state index contributed by atoms with van der Waals surface area (Å²) < 4.78 is 11.9. The maximum atomic E-state index is 6.02. The van der Waals surface area contributed by atoms with Crippen LogP contribution in [0.3, 0.4) is 0 Å². The van der Waals surface area contributed by atoms with Gasteiger partial charge in [-0.05, 0) is 30.5 Å². The first-order valence-corrected chi connectivity index (χ1v) is 6.84. The van der Waals surface area contributed by atoms with Crippen LogP contribution >= 0.6 is 15.9 Å². The first-order valence-electron chi connectivity index (χ1n) is 6.05. The second-order valence-corrected chi connectivity index (χ2v) is 5.73. The molecule has 2 aliphatic rings. The highest BCUT2D eigenvalue weighted by molar-refractivity contribution is 9.10. The minimum absolute atomic E-state index is 0.125. The van der Waals surface area contributed by atoms with Gasteiger partial charge < -0.3 is 15.2 Å². The zero-order valence-corrected chi connectivity index (χ0v) is 11.3. The van der Waals surface area contributed by atoms with Gasteiger partial charge in [-0.2, -0.15) is 0 Å². The third-order valence-corrected chi connectivity index (χ3v) is 4.64. The minimum atomic E-state index is 0.125. The second kappa shape index (κ2) is 4.18. The summed E-state index contributed by atoms with van der Waals surface area (Å²) in [4.78, 5) is 0. The van der Waals surface area contributed by atoms with E-state index in [0.717, 1.165) is 16.0 Å². The number of hydrogen-bond donors (Lipinski definition) is 1. The van der Waals surface area contributed by atoms with Gasteiger partial charge in [0.05, 0.1) is 0 Å². The summed E-state index contributed by atoms with van der Waals surface area (Å²) in [5.41, 5.74) is 7.43. The van der Waals surface area contributed by atoms with E-state index in [1.54, 1.807) is 0 Å². The van der Waals surface area contributed by atoms with Crippen molar-refractivity contribution in [3.05, 3.63) is 22.2 Å². The number of fused-ring (bicyclic) bond motifs is 1. The lowest BCUT2D eigenvalue weighted by Gasteiger charge is -2.29. The van der Waals surface area contributed by atoms with Crippen molar-refractivity contribution in [2.24, 2.45) is 5.73 Å². The molecule has 1 saturated carbocycles. The van der Waals surface area contributed by atoms with Crippen molar-refractivity contribution in [3.8, 4) is 11.5 Å². The molecule has 0 unspecified atom stereocenters. The summed E-state index contributed by atoms with van der Waals surface area (Å²) >= 11 is 3.64. The van der Waals surface area contributed by atoms with Crippen LogP contribution in [0.15, 0.2) is 16.6 Å². The first-order chi connectivity index (χ1) is 8.25. The Morgan fingerprint density at radius 3 is 2.47 bits per heavy atom. The molecule has 0 radical (unpaired) electrons. The van der Waals surface area contributed by atoms with E-state index in [-0.39, 0.29) is 5.41 Å². The third-order valence-electron chi connectivity index (χ3n) is 3.99. The van der Waals surface area contributed by atoms with Crippen LogP contribution in [0, 0.1) is 0 Å². The Morgan fingerprint density at radius 1 is 1.18 bits per heavy atom. The van der Waals surface area contributed by atoms with Gasteiger partial charge in [0, 0.05) is 16.4 Å². The van der Waals surface area contributed by atoms with Crippen LogP contribution in [0.25, 0.3) is 0 Å². The molecule has 1 aliphatic carbocycles. The standard InChI is InChI=1S/C13H16BrNO2/c14-10-6-12-11(16-8-17-12)5-9(10)13(7-15)3-1-2-4-13/h5-6H,1-4,7-8,15H2. The highest BCUT2D eigenvalue weighted by atomic mass is 79.9. The number of ether oxygens (including phenoxy) is 2. The van der Waals surface area contributed by atoms with Crippen LogP contribution in [0.4, 0.5) is 0 Å². The molecule has 4 heteroatoms. The van der Waals surface area contributed by atoms with Crippen LogP contribution < -0.4 is 15.2 Å². The normalized spacial score (nSPS) is 20.8. The van der Waals surface area contributed by atoms with Gasteiger partial charge in [0.25, 0.3) is 0 Å². The molecule has 0 spiro atoms. The summed E-state index contributed by atoms with van der Waals surface area (Å²) in [5, 5.41) is 0. The summed E-state index contributed by atoms with van der Waals surface area (Å²) in [6.07, 6.45) is 4.86. The number of hydrogen-bond acceptors (Lipinski definition) is 3. The third kappa shape index (κ3) is 1.74. The van der Waals surface area contributed by atoms with Gasteiger partial charge in [-0.25, -0.2) is 0 Å². The van der Waals surface area contributed by atoms with Gasteiger partial charge in [-0.1, -0.05) is 28.8 Å². The van der Waals surface area contributed by atoms with Crippen LogP contribution in [-0.2, 0) is 5.41 Å². The molecular weight excluding hydrogens is 282 g/mol. The fourth-order valence-corrected chi connectivity index (χ4v) is 3.70. The molecule has 17 heavy (non-hydrogen) atoms. The molecule has 1 fully saturated rings. The summed E-state index contributed by atoms with van der Waals surface area (Å²) in [5.74, 6) is 1.67. The van der Waals surface area contributed by atoms with Crippen molar-refractivity contribution < 1.29 is 9.47 Å². The highest BCUT2D eigenvalue weighted by Gasteiger charge is 2.37. The molecule has 0 atom stereocenters. The van der Waals surface area contributed by atoms with E-state index in [1.807, 2.05) is 6.07 Å². The fourth-order valence-electron chi connectivity index (χ4n) is 2.96. The molecule has 3 nitrogen and oxygen atoms in total. The molecule has 1 aromatic carbocycles. The number of nitrogens with two attached hydrogens (primary N) is 1. The van der Waals surface area contributed by atoms with Crippen molar-refractivity contribution in [3.63, 3.8) is 0 Å². The molecular formula is C13H16BrNO2. The van der Waals surface area contributed by atoms with Crippen molar-refractivity contribution in [1.82, 2.24) is 0 Å². The average Bonchev–Trinajstić information content (AvgIpc) is 2.95. The Balaban J connectivity index is 2.07. The Hall–Kier alpha value is -0.740. The van der Waals surface area contributed by atoms with Crippen molar-refractivity contribution in [2.45, 2.75) is 31.1 Å². The van der Waals surface area contributed by atoms with Crippen LogP contribution in [0.1, 0.15) is 31.2 Å². The Bertz CT molecular complexity index is 441. The lowest BCUT2D eigenvalue weighted by atomic mass is 9.79.